The van der Waals surface area contributed by atoms with Gasteiger partial charge in [0.25, 0.3) is 0 Å². The van der Waals surface area contributed by atoms with Crippen LogP contribution in [0.1, 0.15) is 13.3 Å². The van der Waals surface area contributed by atoms with Gasteiger partial charge in [0.1, 0.15) is 0 Å². The van der Waals surface area contributed by atoms with E-state index in [0.717, 1.165) is 18.6 Å². The van der Waals surface area contributed by atoms with E-state index in [9.17, 15) is 13.2 Å². The first-order valence-corrected chi connectivity index (χ1v) is 4.98. The summed E-state index contributed by atoms with van der Waals surface area (Å²) < 4.78 is 43.4. The average Bonchev–Trinajstić information content (AvgIpc) is 2.25. The summed E-state index contributed by atoms with van der Waals surface area (Å²) in [6, 6.07) is 1.79. The van der Waals surface area contributed by atoms with Crippen molar-refractivity contribution in [3.05, 3.63) is 29.6 Å². The molecule has 90 valence electrons. The second-order valence-corrected chi connectivity index (χ2v) is 3.46. The summed E-state index contributed by atoms with van der Waals surface area (Å²) in [5.41, 5.74) is 0.209. The van der Waals surface area contributed by atoms with Crippen molar-refractivity contribution in [2.45, 2.75) is 19.4 Å². The third-order valence-corrected chi connectivity index (χ3v) is 2.22. The molecule has 16 heavy (non-hydrogen) atoms. The van der Waals surface area contributed by atoms with Gasteiger partial charge < -0.3 is 10.1 Å². The fourth-order valence-electron chi connectivity index (χ4n) is 1.34. The predicted molar refractivity (Wildman–Crippen MR) is 55.9 cm³/mol. The summed E-state index contributed by atoms with van der Waals surface area (Å²) in [5.74, 6) is -3.85. The number of hydrogen-bond donors (Lipinski definition) is 1. The van der Waals surface area contributed by atoms with Crippen molar-refractivity contribution in [2.75, 3.05) is 19.0 Å². The Balaban J connectivity index is 2.80. The molecule has 0 spiro atoms. The molecule has 0 saturated heterocycles. The van der Waals surface area contributed by atoms with Crippen LogP contribution in [0.2, 0.25) is 0 Å². The van der Waals surface area contributed by atoms with Crippen molar-refractivity contribution in [3.8, 4) is 0 Å². The summed E-state index contributed by atoms with van der Waals surface area (Å²) >= 11 is 0. The number of benzene rings is 1. The van der Waals surface area contributed by atoms with Gasteiger partial charge in [0.05, 0.1) is 6.61 Å². The molecule has 1 atom stereocenters. The first kappa shape index (κ1) is 12.8. The molecule has 0 aliphatic carbocycles. The molecule has 1 rings (SSSR count). The second-order valence-electron chi connectivity index (χ2n) is 3.46. The molecule has 0 heterocycles. The van der Waals surface area contributed by atoms with Crippen LogP contribution >= 0.6 is 0 Å². The predicted octanol–water partition coefficient (Wildman–Crippen LogP) is 2.94. The molecule has 1 aromatic rings. The van der Waals surface area contributed by atoms with Gasteiger partial charge in [0.2, 0.25) is 0 Å². The van der Waals surface area contributed by atoms with Gasteiger partial charge in [-0.25, -0.2) is 13.2 Å². The van der Waals surface area contributed by atoms with Gasteiger partial charge in [-0.15, -0.1) is 0 Å². The minimum atomic E-state index is -1.45. The fourth-order valence-corrected chi connectivity index (χ4v) is 1.34. The number of methoxy groups -OCH3 is 1. The molecule has 0 aliphatic rings. The molecule has 0 fully saturated rings. The van der Waals surface area contributed by atoms with E-state index in [1.54, 1.807) is 0 Å². The van der Waals surface area contributed by atoms with Crippen molar-refractivity contribution < 1.29 is 17.9 Å². The van der Waals surface area contributed by atoms with E-state index in [0.29, 0.717) is 6.61 Å². The average molecular weight is 233 g/mol. The Morgan fingerprint density at radius 2 is 1.81 bits per heavy atom. The SMILES string of the molecule is CCC(COC)Nc1cc(F)c(F)c(F)c1. The largest absolute Gasteiger partial charge is 0.383 e. The number of halogens is 3. The van der Waals surface area contributed by atoms with Crippen LogP contribution in [-0.4, -0.2) is 19.8 Å². The quantitative estimate of drug-likeness (QED) is 0.789. The Kier molecular flexibility index (Phi) is 4.61. The van der Waals surface area contributed by atoms with Crippen molar-refractivity contribution in [3.63, 3.8) is 0 Å². The third kappa shape index (κ3) is 3.13. The molecule has 1 N–H and O–H groups in total. The fraction of sp³-hybridized carbons (Fsp3) is 0.455. The first-order valence-electron chi connectivity index (χ1n) is 4.98. The van der Waals surface area contributed by atoms with Crippen molar-refractivity contribution in [1.82, 2.24) is 0 Å². The Labute approximate surface area is 92.4 Å². The number of anilines is 1. The maximum atomic E-state index is 12.9. The monoisotopic (exact) mass is 233 g/mol. The summed E-state index contributed by atoms with van der Waals surface area (Å²) in [4.78, 5) is 0. The van der Waals surface area contributed by atoms with Crippen LogP contribution in [0.4, 0.5) is 18.9 Å². The zero-order chi connectivity index (χ0) is 12.1. The number of rotatable bonds is 5. The molecule has 0 amide bonds. The molecule has 0 aliphatic heterocycles. The zero-order valence-corrected chi connectivity index (χ0v) is 9.19. The van der Waals surface area contributed by atoms with Crippen LogP contribution < -0.4 is 5.32 Å². The van der Waals surface area contributed by atoms with Gasteiger partial charge >= 0.3 is 0 Å². The molecule has 5 heteroatoms. The van der Waals surface area contributed by atoms with Crippen LogP contribution in [0.5, 0.6) is 0 Å². The molecular weight excluding hydrogens is 219 g/mol. The van der Waals surface area contributed by atoms with Crippen molar-refractivity contribution in [2.24, 2.45) is 0 Å². The van der Waals surface area contributed by atoms with Crippen molar-refractivity contribution >= 4 is 5.69 Å². The standard InChI is InChI=1S/C11H14F3NO/c1-3-7(6-16-2)15-8-4-9(12)11(14)10(13)5-8/h4-5,7,15H,3,6H2,1-2H3. The van der Waals surface area contributed by atoms with Gasteiger partial charge in [-0.3, -0.25) is 0 Å². The first-order chi connectivity index (χ1) is 7.58. The molecule has 0 bridgehead atoms. The topological polar surface area (TPSA) is 21.3 Å². The molecule has 0 radical (unpaired) electrons. The van der Waals surface area contributed by atoms with Crippen LogP contribution in [0.3, 0.4) is 0 Å². The van der Waals surface area contributed by atoms with Gasteiger partial charge in [-0.1, -0.05) is 6.92 Å². The highest BCUT2D eigenvalue weighted by atomic mass is 19.2. The number of nitrogens with one attached hydrogen (secondary N) is 1. The highest BCUT2D eigenvalue weighted by molar-refractivity contribution is 5.45. The molecule has 1 unspecified atom stereocenters. The van der Waals surface area contributed by atoms with Gasteiger partial charge in [-0.05, 0) is 6.42 Å². The maximum Gasteiger partial charge on any atom is 0.194 e. The third-order valence-electron chi connectivity index (χ3n) is 2.22. The maximum absolute atomic E-state index is 12.9. The van der Waals surface area contributed by atoms with Crippen LogP contribution in [0, 0.1) is 17.5 Å². The normalized spacial score (nSPS) is 12.6. The minimum absolute atomic E-state index is 0.0609. The lowest BCUT2D eigenvalue weighted by atomic mass is 10.2. The van der Waals surface area contributed by atoms with E-state index in [4.69, 9.17) is 4.74 Å². The molecular formula is C11H14F3NO. The Bertz CT molecular complexity index is 334. The Morgan fingerprint density at radius 1 is 1.25 bits per heavy atom. The van der Waals surface area contributed by atoms with E-state index in [1.165, 1.54) is 7.11 Å². The van der Waals surface area contributed by atoms with E-state index >= 15 is 0 Å². The molecule has 1 aromatic carbocycles. The Hall–Kier alpha value is -1.23. The van der Waals surface area contributed by atoms with E-state index in [2.05, 4.69) is 5.32 Å². The second kappa shape index (κ2) is 5.75. The Morgan fingerprint density at radius 3 is 2.25 bits per heavy atom. The minimum Gasteiger partial charge on any atom is -0.383 e. The number of hydrogen-bond acceptors (Lipinski definition) is 2. The lowest BCUT2D eigenvalue weighted by Gasteiger charge is -2.17. The smallest absolute Gasteiger partial charge is 0.194 e. The van der Waals surface area contributed by atoms with Gasteiger partial charge in [-0.2, -0.15) is 0 Å². The molecule has 2 nitrogen and oxygen atoms in total. The van der Waals surface area contributed by atoms with E-state index in [-0.39, 0.29) is 11.7 Å². The molecule has 0 aromatic heterocycles. The highest BCUT2D eigenvalue weighted by Crippen LogP contribution is 2.18. The van der Waals surface area contributed by atoms with E-state index in [1.807, 2.05) is 6.92 Å². The lowest BCUT2D eigenvalue weighted by Crippen LogP contribution is -2.24. The van der Waals surface area contributed by atoms with Gasteiger partial charge in [0.15, 0.2) is 17.5 Å². The summed E-state index contributed by atoms with van der Waals surface area (Å²) in [6.07, 6.45) is 0.731. The van der Waals surface area contributed by atoms with Crippen molar-refractivity contribution in [1.29, 1.82) is 0 Å². The summed E-state index contributed by atoms with van der Waals surface area (Å²) in [7, 11) is 1.54. The van der Waals surface area contributed by atoms with Gasteiger partial charge in [0, 0.05) is 31.0 Å². The zero-order valence-electron chi connectivity index (χ0n) is 9.19. The summed E-state index contributed by atoms with van der Waals surface area (Å²) in [6.45, 7) is 2.32. The number of ether oxygens (including phenoxy) is 1. The van der Waals surface area contributed by atoms with E-state index < -0.39 is 17.5 Å². The van der Waals surface area contributed by atoms with Crippen LogP contribution in [-0.2, 0) is 4.74 Å². The van der Waals surface area contributed by atoms with Crippen LogP contribution in [0.25, 0.3) is 0 Å². The molecule has 0 saturated carbocycles. The van der Waals surface area contributed by atoms with Crippen LogP contribution in [0.15, 0.2) is 12.1 Å². The lowest BCUT2D eigenvalue weighted by molar-refractivity contribution is 0.184. The summed E-state index contributed by atoms with van der Waals surface area (Å²) in [5, 5.41) is 2.87. The highest BCUT2D eigenvalue weighted by Gasteiger charge is 2.12.